The number of imidazole rings is 2. The van der Waals surface area contributed by atoms with Crippen LogP contribution in [0.15, 0.2) is 89.9 Å². The number of nitrogens with one attached hydrogen (secondary N) is 1. The third-order valence-electron chi connectivity index (χ3n) is 5.90. The van der Waals surface area contributed by atoms with Crippen molar-refractivity contribution >= 4 is 5.78 Å². The number of carbonyl (C=O) groups excluding carboxylic acids is 1. The Labute approximate surface area is 185 Å². The van der Waals surface area contributed by atoms with Crippen molar-refractivity contribution in [1.29, 1.82) is 0 Å². The van der Waals surface area contributed by atoms with Gasteiger partial charge in [0.25, 0.3) is 0 Å². The van der Waals surface area contributed by atoms with Crippen LogP contribution >= 0.6 is 0 Å². The van der Waals surface area contributed by atoms with E-state index in [1.165, 1.54) is 11.1 Å². The molecule has 5 nitrogen and oxygen atoms in total. The minimum atomic E-state index is -0.123. The highest BCUT2D eigenvalue weighted by molar-refractivity contribution is 6.02. The number of rotatable bonds is 7. The minimum absolute atomic E-state index is 0.123. The molecule has 0 spiro atoms. The zero-order chi connectivity index (χ0) is 22.4. The first-order valence-electron chi connectivity index (χ1n) is 10.7. The van der Waals surface area contributed by atoms with E-state index in [2.05, 4.69) is 71.6 Å². The fourth-order valence-corrected chi connectivity index (χ4v) is 4.09. The molecule has 2 heterocycles. The molecule has 2 aromatic rings. The summed E-state index contributed by atoms with van der Waals surface area (Å²) >= 11 is 0. The molecule has 0 aromatic carbocycles. The molecular weight excluding hydrogens is 384 g/mol. The summed E-state index contributed by atoms with van der Waals surface area (Å²) in [6.07, 6.45) is 23.3. The van der Waals surface area contributed by atoms with E-state index in [9.17, 15) is 4.79 Å². The van der Waals surface area contributed by atoms with Gasteiger partial charge in [-0.1, -0.05) is 49.8 Å². The van der Waals surface area contributed by atoms with Crippen LogP contribution in [0.4, 0.5) is 0 Å². The van der Waals surface area contributed by atoms with Crippen LogP contribution in [-0.4, -0.2) is 25.3 Å². The molecule has 3 rings (SSSR count). The lowest BCUT2D eigenvalue weighted by Gasteiger charge is -2.37. The fourth-order valence-electron chi connectivity index (χ4n) is 4.09. The number of H-pyrrole nitrogens is 1. The highest BCUT2D eigenvalue weighted by Crippen LogP contribution is 2.45. The van der Waals surface area contributed by atoms with Gasteiger partial charge in [-0.2, -0.15) is 0 Å². The van der Waals surface area contributed by atoms with Gasteiger partial charge in [-0.25, -0.2) is 9.97 Å². The maximum atomic E-state index is 12.1. The first kappa shape index (κ1) is 22.5. The molecule has 2 aromatic heterocycles. The molecule has 0 bridgehead atoms. The second kappa shape index (κ2) is 9.73. The fraction of sp³-hybridized carbons (Fsp3) is 0.346. The number of nitrogens with zero attached hydrogens (tertiary/aromatic N) is 3. The normalized spacial score (nSPS) is 20.2. The highest BCUT2D eigenvalue weighted by atomic mass is 16.1. The van der Waals surface area contributed by atoms with Gasteiger partial charge in [-0.05, 0) is 61.8 Å². The van der Waals surface area contributed by atoms with Crippen LogP contribution in [0.25, 0.3) is 0 Å². The summed E-state index contributed by atoms with van der Waals surface area (Å²) in [4.78, 5) is 23.1. The lowest BCUT2D eigenvalue weighted by Crippen LogP contribution is -2.25. The molecule has 1 aliphatic rings. The predicted molar refractivity (Wildman–Crippen MR) is 126 cm³/mol. The molecule has 0 aliphatic heterocycles. The van der Waals surface area contributed by atoms with Crippen molar-refractivity contribution in [3.8, 4) is 0 Å². The number of aromatic amines is 1. The second-order valence-corrected chi connectivity index (χ2v) is 8.84. The zero-order valence-electron chi connectivity index (χ0n) is 19.1. The number of ketones is 1. The SMILES string of the molecule is CC(C=CC1=C(C)C(n2ccnc2)CCC1(C)C)=CC=C/C(C)=C\C(=O)c1ncc[nH]1. The standard InChI is InChI=1S/C26H32N4O/c1-19(7-6-8-20(2)17-24(31)25-28-13-14-29-25)9-10-22-21(3)23(11-12-26(22,4)5)30-16-15-27-18-30/h6-10,13-18,23H,11-12H2,1-5H3,(H,28,29)/b8-6?,10-9?,19-7?,20-17-. The molecule has 0 saturated heterocycles. The van der Waals surface area contributed by atoms with Gasteiger partial charge in [0.2, 0.25) is 5.78 Å². The number of aromatic nitrogens is 4. The van der Waals surface area contributed by atoms with Gasteiger partial charge in [-0.15, -0.1) is 0 Å². The quantitative estimate of drug-likeness (QED) is 0.333. The van der Waals surface area contributed by atoms with Gasteiger partial charge in [0.05, 0.1) is 12.4 Å². The minimum Gasteiger partial charge on any atom is -0.342 e. The van der Waals surface area contributed by atoms with Crippen molar-refractivity contribution in [3.63, 3.8) is 0 Å². The van der Waals surface area contributed by atoms with Gasteiger partial charge in [0.15, 0.2) is 5.82 Å². The Bertz CT molecular complexity index is 1050. The van der Waals surface area contributed by atoms with Crippen molar-refractivity contribution in [2.75, 3.05) is 0 Å². The largest absolute Gasteiger partial charge is 0.342 e. The molecule has 31 heavy (non-hydrogen) atoms. The van der Waals surface area contributed by atoms with Crippen LogP contribution in [-0.2, 0) is 0 Å². The first-order chi connectivity index (χ1) is 14.8. The molecule has 1 aliphatic carbocycles. The molecular formula is C26H32N4O. The summed E-state index contributed by atoms with van der Waals surface area (Å²) in [5.74, 6) is 0.234. The predicted octanol–water partition coefficient (Wildman–Crippen LogP) is 6.17. The Morgan fingerprint density at radius 2 is 2.03 bits per heavy atom. The first-order valence-corrected chi connectivity index (χ1v) is 10.7. The van der Waals surface area contributed by atoms with Gasteiger partial charge >= 0.3 is 0 Å². The Morgan fingerprint density at radius 1 is 1.23 bits per heavy atom. The van der Waals surface area contributed by atoms with Crippen LogP contribution in [0.3, 0.4) is 0 Å². The third kappa shape index (κ3) is 5.69. The van der Waals surface area contributed by atoms with Gasteiger partial charge in [0, 0.05) is 24.8 Å². The van der Waals surface area contributed by atoms with E-state index < -0.39 is 0 Å². The molecule has 0 radical (unpaired) electrons. The molecule has 1 N–H and O–H groups in total. The lowest BCUT2D eigenvalue weighted by molar-refractivity contribution is 0.103. The average Bonchev–Trinajstić information content (AvgIpc) is 3.41. The summed E-state index contributed by atoms with van der Waals surface area (Å²) in [7, 11) is 0. The number of hydrogen-bond donors (Lipinski definition) is 1. The Hall–Kier alpha value is -3.21. The smallest absolute Gasteiger partial charge is 0.221 e. The lowest BCUT2D eigenvalue weighted by atomic mass is 9.71. The molecule has 0 amide bonds. The van der Waals surface area contributed by atoms with Crippen LogP contribution in [0.5, 0.6) is 0 Å². The van der Waals surface area contributed by atoms with Crippen molar-refractivity contribution in [1.82, 2.24) is 19.5 Å². The van der Waals surface area contributed by atoms with E-state index in [1.54, 1.807) is 18.5 Å². The van der Waals surface area contributed by atoms with E-state index >= 15 is 0 Å². The van der Waals surface area contributed by atoms with E-state index in [-0.39, 0.29) is 11.2 Å². The second-order valence-electron chi connectivity index (χ2n) is 8.84. The average molecular weight is 417 g/mol. The van der Waals surface area contributed by atoms with Crippen LogP contribution in [0, 0.1) is 5.41 Å². The van der Waals surface area contributed by atoms with E-state index in [0.717, 1.165) is 24.0 Å². The zero-order valence-corrected chi connectivity index (χ0v) is 19.1. The van der Waals surface area contributed by atoms with E-state index in [4.69, 9.17) is 0 Å². The Kier molecular flexibility index (Phi) is 7.06. The van der Waals surface area contributed by atoms with Gasteiger partial charge in [0.1, 0.15) is 0 Å². The molecule has 0 saturated carbocycles. The van der Waals surface area contributed by atoms with Crippen molar-refractivity contribution in [2.45, 2.75) is 53.5 Å². The maximum Gasteiger partial charge on any atom is 0.221 e. The number of hydrogen-bond acceptors (Lipinski definition) is 3. The summed E-state index contributed by atoms with van der Waals surface area (Å²) in [5, 5.41) is 0. The molecule has 0 fully saturated rings. The summed E-state index contributed by atoms with van der Waals surface area (Å²) in [5.41, 5.74) is 4.99. The summed E-state index contributed by atoms with van der Waals surface area (Å²) in [6.45, 7) is 10.9. The topological polar surface area (TPSA) is 63.6 Å². The van der Waals surface area contributed by atoms with Crippen LogP contribution in [0.2, 0.25) is 0 Å². The third-order valence-corrected chi connectivity index (χ3v) is 5.90. The Morgan fingerprint density at radius 3 is 2.71 bits per heavy atom. The van der Waals surface area contributed by atoms with Gasteiger partial charge in [-0.3, -0.25) is 4.79 Å². The monoisotopic (exact) mass is 416 g/mol. The summed E-state index contributed by atoms with van der Waals surface area (Å²) < 4.78 is 2.21. The van der Waals surface area contributed by atoms with Crippen molar-refractivity contribution in [2.24, 2.45) is 5.41 Å². The molecule has 162 valence electrons. The highest BCUT2D eigenvalue weighted by Gasteiger charge is 2.32. The number of allylic oxidation sites excluding steroid dienone is 10. The summed E-state index contributed by atoms with van der Waals surface area (Å²) in [6, 6.07) is 0.374. The van der Waals surface area contributed by atoms with Crippen LogP contribution in [0.1, 0.15) is 64.1 Å². The Balaban J connectivity index is 1.71. The number of carbonyl (C=O) groups is 1. The molecule has 1 unspecified atom stereocenters. The van der Waals surface area contributed by atoms with Crippen molar-refractivity contribution in [3.05, 3.63) is 95.7 Å². The molecule has 5 heteroatoms. The van der Waals surface area contributed by atoms with E-state index in [0.29, 0.717) is 11.9 Å². The maximum absolute atomic E-state index is 12.1. The van der Waals surface area contributed by atoms with E-state index in [1.807, 2.05) is 31.6 Å². The van der Waals surface area contributed by atoms with Crippen molar-refractivity contribution < 1.29 is 4.79 Å². The van der Waals surface area contributed by atoms with Gasteiger partial charge < -0.3 is 9.55 Å². The molecule has 1 atom stereocenters. The van der Waals surface area contributed by atoms with Crippen LogP contribution < -0.4 is 0 Å².